The minimum absolute atomic E-state index is 0.162. The summed E-state index contributed by atoms with van der Waals surface area (Å²) in [5, 5.41) is 19.4. The van der Waals surface area contributed by atoms with Gasteiger partial charge in [-0.2, -0.15) is 5.10 Å². The van der Waals surface area contributed by atoms with E-state index in [4.69, 9.17) is 4.98 Å². The van der Waals surface area contributed by atoms with Crippen LogP contribution >= 0.6 is 0 Å². The molecule has 0 bridgehead atoms. The highest BCUT2D eigenvalue weighted by Crippen LogP contribution is 2.35. The average molecular weight is 389 g/mol. The summed E-state index contributed by atoms with van der Waals surface area (Å²) in [4.78, 5) is 16.2. The van der Waals surface area contributed by atoms with Crippen molar-refractivity contribution in [2.24, 2.45) is 7.05 Å². The molecule has 4 aromatic rings. The Labute approximate surface area is 168 Å². The summed E-state index contributed by atoms with van der Waals surface area (Å²) in [5.41, 5.74) is 3.62. The van der Waals surface area contributed by atoms with E-state index < -0.39 is 0 Å². The quantitative estimate of drug-likeness (QED) is 0.556. The van der Waals surface area contributed by atoms with Gasteiger partial charge in [-0.1, -0.05) is 0 Å². The van der Waals surface area contributed by atoms with Crippen LogP contribution in [-0.4, -0.2) is 56.0 Å². The van der Waals surface area contributed by atoms with Gasteiger partial charge in [-0.3, -0.25) is 4.68 Å². The molecule has 2 N–H and O–H groups in total. The second-order valence-corrected chi connectivity index (χ2v) is 7.63. The Morgan fingerprint density at radius 1 is 1.21 bits per heavy atom. The number of benzene rings is 1. The van der Waals surface area contributed by atoms with E-state index in [1.807, 2.05) is 45.4 Å². The van der Waals surface area contributed by atoms with Crippen LogP contribution in [0.3, 0.4) is 0 Å². The SMILES string of the molecule is CN[C@H]1CCN(c2ccc3nc(-c4cc5cn(C)nc5c(C)c4O)ncc3n2)C1. The van der Waals surface area contributed by atoms with Crippen molar-refractivity contribution >= 4 is 27.8 Å². The van der Waals surface area contributed by atoms with Gasteiger partial charge in [-0.05, 0) is 38.6 Å². The summed E-state index contributed by atoms with van der Waals surface area (Å²) in [7, 11) is 3.86. The minimum atomic E-state index is 0.162. The highest BCUT2D eigenvalue weighted by atomic mass is 16.3. The molecule has 0 amide bonds. The summed E-state index contributed by atoms with van der Waals surface area (Å²) in [5.74, 6) is 1.59. The van der Waals surface area contributed by atoms with Crippen molar-refractivity contribution in [3.8, 4) is 17.1 Å². The van der Waals surface area contributed by atoms with Crippen LogP contribution < -0.4 is 10.2 Å². The molecule has 1 aromatic carbocycles. The lowest BCUT2D eigenvalue weighted by molar-refractivity contribution is 0.473. The van der Waals surface area contributed by atoms with Crippen molar-refractivity contribution in [1.29, 1.82) is 0 Å². The minimum Gasteiger partial charge on any atom is -0.507 e. The number of phenolic OH excluding ortho intramolecular Hbond substituents is 1. The second kappa shape index (κ2) is 6.66. The maximum atomic E-state index is 10.7. The molecule has 29 heavy (non-hydrogen) atoms. The lowest BCUT2D eigenvalue weighted by Crippen LogP contribution is -2.29. The zero-order valence-corrected chi connectivity index (χ0v) is 16.7. The van der Waals surface area contributed by atoms with Crippen LogP contribution in [0.4, 0.5) is 5.82 Å². The van der Waals surface area contributed by atoms with Crippen LogP contribution in [0.25, 0.3) is 33.3 Å². The van der Waals surface area contributed by atoms with Crippen molar-refractivity contribution in [3.05, 3.63) is 36.2 Å². The fourth-order valence-corrected chi connectivity index (χ4v) is 4.03. The number of hydrogen-bond acceptors (Lipinski definition) is 7. The van der Waals surface area contributed by atoms with E-state index in [9.17, 15) is 5.11 Å². The molecule has 1 saturated heterocycles. The molecule has 8 nitrogen and oxygen atoms in total. The number of aromatic hydroxyl groups is 1. The Morgan fingerprint density at radius 2 is 2.07 bits per heavy atom. The Morgan fingerprint density at radius 3 is 2.86 bits per heavy atom. The van der Waals surface area contributed by atoms with Crippen LogP contribution in [0.15, 0.2) is 30.6 Å². The van der Waals surface area contributed by atoms with E-state index in [1.54, 1.807) is 10.9 Å². The Balaban J connectivity index is 1.54. The number of anilines is 1. The molecule has 0 saturated carbocycles. The Kier molecular flexibility index (Phi) is 4.09. The molecule has 0 radical (unpaired) electrons. The number of nitrogens with one attached hydrogen (secondary N) is 1. The molecule has 0 unspecified atom stereocenters. The normalized spacial score (nSPS) is 16.9. The molecule has 8 heteroatoms. The van der Waals surface area contributed by atoms with Crippen molar-refractivity contribution in [1.82, 2.24) is 30.0 Å². The van der Waals surface area contributed by atoms with Gasteiger partial charge in [0.05, 0.1) is 22.8 Å². The van der Waals surface area contributed by atoms with Crippen molar-refractivity contribution in [3.63, 3.8) is 0 Å². The molecule has 0 aliphatic carbocycles. The molecule has 5 rings (SSSR count). The second-order valence-electron chi connectivity index (χ2n) is 7.63. The summed E-state index contributed by atoms with van der Waals surface area (Å²) >= 11 is 0. The van der Waals surface area contributed by atoms with Gasteiger partial charge < -0.3 is 15.3 Å². The fourth-order valence-electron chi connectivity index (χ4n) is 4.03. The Bertz CT molecular complexity index is 1230. The number of aryl methyl sites for hydroxylation is 2. The smallest absolute Gasteiger partial charge is 0.163 e. The van der Waals surface area contributed by atoms with Crippen molar-refractivity contribution < 1.29 is 5.11 Å². The summed E-state index contributed by atoms with van der Waals surface area (Å²) in [6.45, 7) is 3.80. The van der Waals surface area contributed by atoms with Gasteiger partial charge in [0.2, 0.25) is 0 Å². The number of phenols is 1. The van der Waals surface area contributed by atoms with E-state index in [0.717, 1.165) is 52.8 Å². The number of fused-ring (bicyclic) bond motifs is 2. The molecule has 148 valence electrons. The maximum Gasteiger partial charge on any atom is 0.163 e. The highest BCUT2D eigenvalue weighted by Gasteiger charge is 2.22. The number of nitrogens with zero attached hydrogens (tertiary/aromatic N) is 6. The van der Waals surface area contributed by atoms with E-state index in [1.165, 1.54) is 0 Å². The average Bonchev–Trinajstić information content (AvgIpc) is 3.36. The topological polar surface area (TPSA) is 92.0 Å². The Hall–Kier alpha value is -3.26. The van der Waals surface area contributed by atoms with Crippen LogP contribution in [0.2, 0.25) is 0 Å². The third kappa shape index (κ3) is 2.96. The lowest BCUT2D eigenvalue weighted by atomic mass is 10.1. The lowest BCUT2D eigenvalue weighted by Gasteiger charge is -2.17. The van der Waals surface area contributed by atoms with E-state index in [2.05, 4.69) is 25.3 Å². The monoisotopic (exact) mass is 389 g/mol. The van der Waals surface area contributed by atoms with Crippen LogP contribution in [0, 0.1) is 6.92 Å². The zero-order valence-electron chi connectivity index (χ0n) is 16.7. The van der Waals surface area contributed by atoms with Gasteiger partial charge in [0.15, 0.2) is 5.82 Å². The van der Waals surface area contributed by atoms with Gasteiger partial charge in [0.25, 0.3) is 0 Å². The molecule has 4 heterocycles. The summed E-state index contributed by atoms with van der Waals surface area (Å²) in [6.07, 6.45) is 4.77. The standard InChI is InChI=1S/C21H23N7O/c1-12-19-13(10-27(3)26-19)8-15(20(12)29)21-23-9-17-16(25-21)4-5-18(24-17)28-7-6-14(11-28)22-2/h4-5,8-10,14,22,29H,6-7,11H2,1-3H3/t14-/m0/s1. The molecule has 0 spiro atoms. The molecular weight excluding hydrogens is 366 g/mol. The van der Waals surface area contributed by atoms with Gasteiger partial charge in [0.1, 0.15) is 17.1 Å². The predicted molar refractivity (Wildman–Crippen MR) is 113 cm³/mol. The van der Waals surface area contributed by atoms with Gasteiger partial charge in [-0.15, -0.1) is 0 Å². The third-order valence-corrected chi connectivity index (χ3v) is 5.71. The first-order chi connectivity index (χ1) is 14.0. The first kappa shape index (κ1) is 17.8. The maximum absolute atomic E-state index is 10.7. The first-order valence-corrected chi connectivity index (χ1v) is 9.76. The van der Waals surface area contributed by atoms with Crippen LogP contribution in [0.1, 0.15) is 12.0 Å². The van der Waals surface area contributed by atoms with E-state index in [0.29, 0.717) is 17.4 Å². The number of hydrogen-bond donors (Lipinski definition) is 2. The molecule has 1 aliphatic rings. The number of pyridine rings is 1. The first-order valence-electron chi connectivity index (χ1n) is 9.76. The zero-order chi connectivity index (χ0) is 20.1. The number of rotatable bonds is 3. The fraction of sp³-hybridized carbons (Fsp3) is 0.333. The summed E-state index contributed by atoms with van der Waals surface area (Å²) < 4.78 is 1.74. The highest BCUT2D eigenvalue weighted by molar-refractivity contribution is 5.90. The van der Waals surface area contributed by atoms with Crippen LogP contribution in [0.5, 0.6) is 5.75 Å². The third-order valence-electron chi connectivity index (χ3n) is 5.71. The van der Waals surface area contributed by atoms with E-state index in [-0.39, 0.29) is 5.75 Å². The van der Waals surface area contributed by atoms with Gasteiger partial charge >= 0.3 is 0 Å². The molecule has 1 atom stereocenters. The number of aromatic nitrogens is 5. The van der Waals surface area contributed by atoms with Crippen LogP contribution in [-0.2, 0) is 7.05 Å². The molecule has 1 aliphatic heterocycles. The van der Waals surface area contributed by atoms with Gasteiger partial charge in [0, 0.05) is 43.3 Å². The molecular formula is C21H23N7O. The molecule has 3 aromatic heterocycles. The van der Waals surface area contributed by atoms with Gasteiger partial charge in [-0.25, -0.2) is 15.0 Å². The number of likely N-dealkylation sites (N-methyl/N-ethyl adjacent to an activating group) is 1. The molecule has 1 fully saturated rings. The largest absolute Gasteiger partial charge is 0.507 e. The summed E-state index contributed by atoms with van der Waals surface area (Å²) in [6, 6.07) is 6.37. The van der Waals surface area contributed by atoms with Crippen molar-refractivity contribution in [2.45, 2.75) is 19.4 Å². The van der Waals surface area contributed by atoms with E-state index >= 15 is 0 Å². The predicted octanol–water partition coefficient (Wildman–Crippen LogP) is 2.39. The van der Waals surface area contributed by atoms with Crippen molar-refractivity contribution in [2.75, 3.05) is 25.0 Å².